The fourth-order valence-electron chi connectivity index (χ4n) is 3.39. The average molecular weight is 359 g/mol. The minimum absolute atomic E-state index is 0.00179. The largest absolute Gasteiger partial charge is 0.321 e. The molecule has 3 nitrogen and oxygen atoms in total. The smallest absolute Gasteiger partial charge is 0.241 e. The molecule has 1 saturated carbocycles. The summed E-state index contributed by atoms with van der Waals surface area (Å²) >= 11 is 3.08. The summed E-state index contributed by atoms with van der Waals surface area (Å²) in [6.07, 6.45) is 5.45. The van der Waals surface area contributed by atoms with E-state index in [9.17, 15) is 13.6 Å². The van der Waals surface area contributed by atoms with Crippen LogP contribution in [-0.4, -0.2) is 18.0 Å². The average Bonchev–Trinajstić information content (AvgIpc) is 2.86. The number of benzene rings is 1. The second-order valence-electron chi connectivity index (χ2n) is 5.84. The molecular weight excluding hydrogens is 342 g/mol. The monoisotopic (exact) mass is 358 g/mol. The molecule has 1 amide bonds. The van der Waals surface area contributed by atoms with E-state index in [1.165, 1.54) is 12.8 Å². The number of amides is 1. The van der Waals surface area contributed by atoms with E-state index in [1.807, 2.05) is 0 Å². The molecule has 2 fully saturated rings. The van der Waals surface area contributed by atoms with E-state index in [0.29, 0.717) is 12.0 Å². The van der Waals surface area contributed by atoms with Gasteiger partial charge in [-0.25, -0.2) is 8.78 Å². The van der Waals surface area contributed by atoms with Crippen molar-refractivity contribution >= 4 is 27.5 Å². The van der Waals surface area contributed by atoms with Crippen LogP contribution in [0.5, 0.6) is 0 Å². The molecule has 0 aromatic heterocycles. The quantitative estimate of drug-likeness (QED) is 0.848. The van der Waals surface area contributed by atoms with Crippen molar-refractivity contribution in [3.8, 4) is 0 Å². The summed E-state index contributed by atoms with van der Waals surface area (Å²) in [7, 11) is 0. The second-order valence-corrected chi connectivity index (χ2v) is 6.69. The molecule has 1 aliphatic heterocycles. The second kappa shape index (κ2) is 6.01. The summed E-state index contributed by atoms with van der Waals surface area (Å²) in [5, 5.41) is 5.91. The summed E-state index contributed by atoms with van der Waals surface area (Å²) in [6.45, 7) is 0. The third kappa shape index (κ3) is 3.11. The SMILES string of the molecule is O=C(Nc1c(F)cc(F)cc1Br)C1CC2CCCCC2N1. The maximum absolute atomic E-state index is 13.7. The van der Waals surface area contributed by atoms with Crippen LogP contribution in [0.3, 0.4) is 0 Å². The Bertz CT molecular complexity index is 530. The van der Waals surface area contributed by atoms with Gasteiger partial charge in [0.15, 0.2) is 5.82 Å². The van der Waals surface area contributed by atoms with E-state index in [4.69, 9.17) is 0 Å². The lowest BCUT2D eigenvalue weighted by Gasteiger charge is -2.24. The van der Waals surface area contributed by atoms with Crippen molar-refractivity contribution in [2.75, 3.05) is 5.32 Å². The Morgan fingerprint density at radius 1 is 1.29 bits per heavy atom. The molecular formula is C15H17BrF2N2O. The standard InChI is InChI=1S/C15H17BrF2N2O/c16-10-6-9(17)7-11(18)14(10)20-15(21)13-5-8-3-1-2-4-12(8)19-13/h6-8,12-13,19H,1-5H2,(H,20,21). The summed E-state index contributed by atoms with van der Waals surface area (Å²) < 4.78 is 27.0. The number of carbonyl (C=O) groups excluding carboxylic acids is 1. The van der Waals surface area contributed by atoms with E-state index < -0.39 is 11.6 Å². The first-order valence-corrected chi connectivity index (χ1v) is 8.05. The highest BCUT2D eigenvalue weighted by Gasteiger charge is 2.38. The molecule has 3 rings (SSSR count). The van der Waals surface area contributed by atoms with Crippen LogP contribution in [0.2, 0.25) is 0 Å². The Morgan fingerprint density at radius 3 is 2.76 bits per heavy atom. The van der Waals surface area contributed by atoms with Gasteiger partial charge in [0, 0.05) is 16.6 Å². The molecule has 2 N–H and O–H groups in total. The predicted molar refractivity (Wildman–Crippen MR) is 80.0 cm³/mol. The third-order valence-electron chi connectivity index (χ3n) is 4.43. The van der Waals surface area contributed by atoms with E-state index in [2.05, 4.69) is 26.6 Å². The number of halogens is 3. The first-order valence-electron chi connectivity index (χ1n) is 7.26. The molecule has 0 bridgehead atoms. The molecule has 1 heterocycles. The molecule has 0 radical (unpaired) electrons. The van der Waals surface area contributed by atoms with Gasteiger partial charge >= 0.3 is 0 Å². The Morgan fingerprint density at radius 2 is 2.05 bits per heavy atom. The zero-order valence-corrected chi connectivity index (χ0v) is 13.1. The van der Waals surface area contributed by atoms with E-state index >= 15 is 0 Å². The number of hydrogen-bond acceptors (Lipinski definition) is 2. The zero-order chi connectivity index (χ0) is 15.0. The fraction of sp³-hybridized carbons (Fsp3) is 0.533. The molecule has 1 aromatic carbocycles. The number of hydrogen-bond donors (Lipinski definition) is 2. The molecule has 1 aromatic rings. The van der Waals surface area contributed by atoms with E-state index in [1.54, 1.807) is 0 Å². The van der Waals surface area contributed by atoms with Crippen LogP contribution in [0.1, 0.15) is 32.1 Å². The molecule has 2 aliphatic rings. The van der Waals surface area contributed by atoms with E-state index in [0.717, 1.165) is 31.4 Å². The molecule has 1 saturated heterocycles. The van der Waals surface area contributed by atoms with Crippen molar-refractivity contribution in [1.29, 1.82) is 0 Å². The van der Waals surface area contributed by atoms with Gasteiger partial charge in [-0.3, -0.25) is 4.79 Å². The summed E-state index contributed by atoms with van der Waals surface area (Å²) in [5.41, 5.74) is -0.00179. The van der Waals surface area contributed by atoms with Crippen molar-refractivity contribution in [3.63, 3.8) is 0 Å². The maximum Gasteiger partial charge on any atom is 0.241 e. The van der Waals surface area contributed by atoms with Gasteiger partial charge in [0.05, 0.1) is 11.7 Å². The molecule has 6 heteroatoms. The van der Waals surface area contributed by atoms with Crippen molar-refractivity contribution in [1.82, 2.24) is 5.32 Å². The number of rotatable bonds is 2. The number of fused-ring (bicyclic) bond motifs is 1. The third-order valence-corrected chi connectivity index (χ3v) is 5.06. The van der Waals surface area contributed by atoms with Crippen molar-refractivity contribution in [2.45, 2.75) is 44.2 Å². The first-order chi connectivity index (χ1) is 10.0. The molecule has 3 unspecified atom stereocenters. The van der Waals surface area contributed by atoms with Crippen LogP contribution >= 0.6 is 15.9 Å². The lowest BCUT2D eigenvalue weighted by atomic mass is 9.85. The Kier molecular flexibility index (Phi) is 4.26. The highest BCUT2D eigenvalue weighted by atomic mass is 79.9. The summed E-state index contributed by atoms with van der Waals surface area (Å²) in [6, 6.07) is 2.01. The molecule has 0 spiro atoms. The number of anilines is 1. The fourth-order valence-corrected chi connectivity index (χ4v) is 3.90. The van der Waals surface area contributed by atoms with Crippen molar-refractivity contribution in [3.05, 3.63) is 28.2 Å². The van der Waals surface area contributed by atoms with Crippen molar-refractivity contribution < 1.29 is 13.6 Å². The minimum atomic E-state index is -0.773. The van der Waals surface area contributed by atoms with Crippen LogP contribution in [-0.2, 0) is 4.79 Å². The molecule has 3 atom stereocenters. The Labute approximate surface area is 130 Å². The maximum atomic E-state index is 13.7. The predicted octanol–water partition coefficient (Wildman–Crippen LogP) is 3.59. The van der Waals surface area contributed by atoms with Gasteiger partial charge in [0.25, 0.3) is 0 Å². The summed E-state index contributed by atoms with van der Waals surface area (Å²) in [4.78, 5) is 12.3. The van der Waals surface area contributed by atoms with Gasteiger partial charge in [-0.15, -0.1) is 0 Å². The highest BCUT2D eigenvalue weighted by molar-refractivity contribution is 9.10. The minimum Gasteiger partial charge on any atom is -0.321 e. The first kappa shape index (κ1) is 14.9. The molecule has 114 valence electrons. The Balaban J connectivity index is 1.70. The zero-order valence-electron chi connectivity index (χ0n) is 11.5. The van der Waals surface area contributed by atoms with Gasteiger partial charge in [-0.2, -0.15) is 0 Å². The lowest BCUT2D eigenvalue weighted by Crippen LogP contribution is -2.40. The van der Waals surface area contributed by atoms with Gasteiger partial charge < -0.3 is 10.6 Å². The topological polar surface area (TPSA) is 41.1 Å². The normalized spacial score (nSPS) is 28.2. The highest BCUT2D eigenvalue weighted by Crippen LogP contribution is 2.34. The Hall–Kier alpha value is -1.01. The number of carbonyl (C=O) groups is 1. The van der Waals surface area contributed by atoms with Crippen LogP contribution in [0.4, 0.5) is 14.5 Å². The summed E-state index contributed by atoms with van der Waals surface area (Å²) in [5.74, 6) is -1.17. The van der Waals surface area contributed by atoms with Gasteiger partial charge in [0.1, 0.15) is 5.82 Å². The molecule has 21 heavy (non-hydrogen) atoms. The molecule has 1 aliphatic carbocycles. The number of nitrogens with one attached hydrogen (secondary N) is 2. The van der Waals surface area contributed by atoms with E-state index in [-0.39, 0.29) is 22.1 Å². The van der Waals surface area contributed by atoms with Gasteiger partial charge in [0.2, 0.25) is 5.91 Å². The van der Waals surface area contributed by atoms with Crippen LogP contribution < -0.4 is 10.6 Å². The van der Waals surface area contributed by atoms with Crippen LogP contribution in [0.25, 0.3) is 0 Å². The van der Waals surface area contributed by atoms with Crippen LogP contribution in [0.15, 0.2) is 16.6 Å². The van der Waals surface area contributed by atoms with Crippen LogP contribution in [0, 0.1) is 17.6 Å². The van der Waals surface area contributed by atoms with Gasteiger partial charge in [-0.05, 0) is 47.2 Å². The van der Waals surface area contributed by atoms with Crippen molar-refractivity contribution in [2.24, 2.45) is 5.92 Å². The lowest BCUT2D eigenvalue weighted by molar-refractivity contribution is -0.117. The van der Waals surface area contributed by atoms with Gasteiger partial charge in [-0.1, -0.05) is 12.8 Å².